The van der Waals surface area contributed by atoms with E-state index in [2.05, 4.69) is 15.2 Å². The fraction of sp³-hybridized carbons (Fsp3) is 0.478. The number of carbonyl (C=O) groups excluding carboxylic acids is 2. The number of carbonyl (C=O) groups is 2. The molecule has 1 saturated heterocycles. The number of morpholine rings is 1. The number of hydrogen-bond donors (Lipinski definition) is 2. The third-order valence-corrected chi connectivity index (χ3v) is 5.94. The first kappa shape index (κ1) is 24.3. The van der Waals surface area contributed by atoms with Crippen LogP contribution in [0.25, 0.3) is 0 Å². The Hall–Kier alpha value is -2.39. The van der Waals surface area contributed by atoms with Gasteiger partial charge in [0.1, 0.15) is 12.3 Å². The van der Waals surface area contributed by atoms with Crippen LogP contribution in [0, 0.1) is 13.8 Å². The molecule has 2 N–H and O–H groups in total. The highest BCUT2D eigenvalue weighted by molar-refractivity contribution is 6.31. The first-order valence-electron chi connectivity index (χ1n) is 10.6. The van der Waals surface area contributed by atoms with Crippen LogP contribution in [0.2, 0.25) is 5.02 Å². The summed E-state index contributed by atoms with van der Waals surface area (Å²) in [5, 5.41) is 3.67. The summed E-state index contributed by atoms with van der Waals surface area (Å²) in [6.45, 7) is 7.10. The Labute approximate surface area is 193 Å². The van der Waals surface area contributed by atoms with Gasteiger partial charge in [0.05, 0.1) is 31.4 Å². The molecule has 0 saturated carbocycles. The van der Waals surface area contributed by atoms with Crippen molar-refractivity contribution in [3.63, 3.8) is 0 Å². The molecule has 1 atom stereocenters. The van der Waals surface area contributed by atoms with Crippen LogP contribution in [0.5, 0.6) is 0 Å². The van der Waals surface area contributed by atoms with Crippen molar-refractivity contribution in [1.82, 2.24) is 15.2 Å². The van der Waals surface area contributed by atoms with E-state index in [4.69, 9.17) is 25.8 Å². The van der Waals surface area contributed by atoms with Crippen LogP contribution in [0.1, 0.15) is 43.7 Å². The lowest BCUT2D eigenvalue weighted by Crippen LogP contribution is -2.44. The van der Waals surface area contributed by atoms with Crippen LogP contribution in [0.15, 0.2) is 24.3 Å². The molecule has 32 heavy (non-hydrogen) atoms. The number of benzene rings is 1. The zero-order chi connectivity index (χ0) is 23.1. The molecular formula is C23H30ClN3O5. The lowest BCUT2D eigenvalue weighted by molar-refractivity contribution is 0.0162. The summed E-state index contributed by atoms with van der Waals surface area (Å²) in [5.74, 6) is -0.763. The molecule has 1 aromatic carbocycles. The topological polar surface area (TPSA) is 92.9 Å². The van der Waals surface area contributed by atoms with Crippen LogP contribution >= 0.6 is 11.6 Å². The maximum atomic E-state index is 13.0. The molecule has 1 unspecified atom stereocenters. The number of nitrogens with one attached hydrogen (secondary N) is 2. The molecule has 1 aliphatic rings. The zero-order valence-electron chi connectivity index (χ0n) is 18.7. The molecule has 0 spiro atoms. The minimum atomic E-state index is -0.477. The van der Waals surface area contributed by atoms with Gasteiger partial charge in [0.15, 0.2) is 0 Å². The molecule has 0 aliphatic carbocycles. The average Bonchev–Trinajstić information content (AvgIpc) is 3.09. The van der Waals surface area contributed by atoms with Crippen LogP contribution in [-0.2, 0) is 14.2 Å². The number of H-pyrrole nitrogens is 1. The van der Waals surface area contributed by atoms with E-state index in [0.29, 0.717) is 53.9 Å². The summed E-state index contributed by atoms with van der Waals surface area (Å²) in [4.78, 5) is 30.8. The minimum absolute atomic E-state index is 0.0913. The van der Waals surface area contributed by atoms with Gasteiger partial charge in [-0.05, 0) is 31.0 Å². The van der Waals surface area contributed by atoms with Gasteiger partial charge in [0.2, 0.25) is 0 Å². The lowest BCUT2D eigenvalue weighted by Gasteiger charge is -2.35. The first-order chi connectivity index (χ1) is 15.4. The monoisotopic (exact) mass is 463 g/mol. The molecule has 174 valence electrons. The van der Waals surface area contributed by atoms with E-state index in [0.717, 1.165) is 18.7 Å². The molecular weight excluding hydrogens is 434 g/mol. The fourth-order valence-corrected chi connectivity index (χ4v) is 4.18. The summed E-state index contributed by atoms with van der Waals surface area (Å²) in [5.41, 5.74) is 2.83. The number of esters is 1. The van der Waals surface area contributed by atoms with E-state index in [1.54, 1.807) is 13.8 Å². The Morgan fingerprint density at radius 1 is 1.22 bits per heavy atom. The maximum Gasteiger partial charge on any atom is 0.340 e. The first-order valence-corrected chi connectivity index (χ1v) is 11.0. The fourth-order valence-electron chi connectivity index (χ4n) is 3.92. The summed E-state index contributed by atoms with van der Waals surface area (Å²) in [6.07, 6.45) is 0. The van der Waals surface area contributed by atoms with Crippen molar-refractivity contribution >= 4 is 23.5 Å². The lowest BCUT2D eigenvalue weighted by atomic mass is 10.0. The van der Waals surface area contributed by atoms with Crippen molar-refractivity contribution in [3.05, 3.63) is 57.4 Å². The van der Waals surface area contributed by atoms with E-state index in [-0.39, 0.29) is 18.6 Å². The number of methoxy groups -OCH3 is 1. The quantitative estimate of drug-likeness (QED) is 0.439. The molecule has 1 fully saturated rings. The van der Waals surface area contributed by atoms with Gasteiger partial charge >= 0.3 is 5.97 Å². The van der Waals surface area contributed by atoms with Gasteiger partial charge in [0, 0.05) is 37.5 Å². The second-order valence-electron chi connectivity index (χ2n) is 7.65. The number of aromatic amines is 1. The third-order valence-electron chi connectivity index (χ3n) is 5.60. The van der Waals surface area contributed by atoms with Crippen molar-refractivity contribution in [3.8, 4) is 0 Å². The normalized spacial score (nSPS) is 15.4. The zero-order valence-corrected chi connectivity index (χ0v) is 19.5. The molecule has 1 amide bonds. The highest BCUT2D eigenvalue weighted by Gasteiger charge is 2.27. The molecule has 0 radical (unpaired) electrons. The molecule has 3 rings (SSSR count). The van der Waals surface area contributed by atoms with Crippen molar-refractivity contribution in [2.75, 3.05) is 53.2 Å². The van der Waals surface area contributed by atoms with Gasteiger partial charge in [-0.1, -0.05) is 29.8 Å². The van der Waals surface area contributed by atoms with E-state index < -0.39 is 5.97 Å². The Morgan fingerprint density at radius 2 is 1.94 bits per heavy atom. The van der Waals surface area contributed by atoms with E-state index >= 15 is 0 Å². The van der Waals surface area contributed by atoms with E-state index in [1.165, 1.54) is 7.11 Å². The molecule has 2 heterocycles. The summed E-state index contributed by atoms with van der Waals surface area (Å²) < 4.78 is 15.6. The number of amides is 1. The number of rotatable bonds is 9. The largest absolute Gasteiger partial charge is 0.460 e. The second-order valence-corrected chi connectivity index (χ2v) is 8.06. The van der Waals surface area contributed by atoms with Gasteiger partial charge in [-0.3, -0.25) is 9.69 Å². The van der Waals surface area contributed by atoms with E-state index in [9.17, 15) is 9.59 Å². The average molecular weight is 464 g/mol. The van der Waals surface area contributed by atoms with Crippen molar-refractivity contribution in [1.29, 1.82) is 0 Å². The number of nitrogens with zero attached hydrogens (tertiary/aromatic N) is 1. The number of aryl methyl sites for hydroxylation is 1. The predicted molar refractivity (Wildman–Crippen MR) is 121 cm³/mol. The van der Waals surface area contributed by atoms with Crippen molar-refractivity contribution < 1.29 is 23.8 Å². The smallest absolute Gasteiger partial charge is 0.340 e. The van der Waals surface area contributed by atoms with Gasteiger partial charge in [-0.15, -0.1) is 0 Å². The number of ether oxygens (including phenoxy) is 3. The minimum Gasteiger partial charge on any atom is -0.460 e. The Morgan fingerprint density at radius 3 is 2.62 bits per heavy atom. The van der Waals surface area contributed by atoms with Crippen LogP contribution in [0.3, 0.4) is 0 Å². The highest BCUT2D eigenvalue weighted by atomic mass is 35.5. The van der Waals surface area contributed by atoms with Crippen molar-refractivity contribution in [2.45, 2.75) is 19.9 Å². The maximum absolute atomic E-state index is 13.0. The number of halogens is 1. The SMILES string of the molecule is COCCOC(=O)c1c(C)[nH]c(C(=O)NCC(c2ccccc2Cl)N2CCOCC2)c1C. The second kappa shape index (κ2) is 11.5. The summed E-state index contributed by atoms with van der Waals surface area (Å²) in [6, 6.07) is 7.57. The molecule has 9 heteroatoms. The molecule has 1 aliphatic heterocycles. The van der Waals surface area contributed by atoms with E-state index in [1.807, 2.05) is 24.3 Å². The molecule has 8 nitrogen and oxygen atoms in total. The Balaban J connectivity index is 1.74. The molecule has 1 aromatic heterocycles. The van der Waals surface area contributed by atoms with Crippen molar-refractivity contribution in [2.24, 2.45) is 0 Å². The third kappa shape index (κ3) is 5.69. The van der Waals surface area contributed by atoms with Crippen LogP contribution < -0.4 is 5.32 Å². The van der Waals surface area contributed by atoms with Gasteiger partial charge in [-0.2, -0.15) is 0 Å². The Kier molecular flexibility index (Phi) is 8.69. The Bertz CT molecular complexity index is 940. The predicted octanol–water partition coefficient (Wildman–Crippen LogP) is 2.89. The van der Waals surface area contributed by atoms with Gasteiger partial charge in [-0.25, -0.2) is 4.79 Å². The standard InChI is InChI=1S/C23H30ClN3O5/c1-15-20(23(29)32-13-12-30-3)16(2)26-21(15)22(28)25-14-19(27-8-10-31-11-9-27)17-6-4-5-7-18(17)24/h4-7,19,26H,8-14H2,1-3H3,(H,25,28). The number of aromatic nitrogens is 1. The highest BCUT2D eigenvalue weighted by Crippen LogP contribution is 2.28. The number of hydrogen-bond acceptors (Lipinski definition) is 6. The molecule has 2 aromatic rings. The van der Waals surface area contributed by atoms with Gasteiger partial charge < -0.3 is 24.5 Å². The summed E-state index contributed by atoms with van der Waals surface area (Å²) in [7, 11) is 1.54. The van der Waals surface area contributed by atoms with Crippen LogP contribution in [0.4, 0.5) is 0 Å². The van der Waals surface area contributed by atoms with Crippen LogP contribution in [-0.4, -0.2) is 74.9 Å². The van der Waals surface area contributed by atoms with Gasteiger partial charge in [0.25, 0.3) is 5.91 Å². The summed E-state index contributed by atoms with van der Waals surface area (Å²) >= 11 is 6.47. The molecule has 0 bridgehead atoms.